The summed E-state index contributed by atoms with van der Waals surface area (Å²) in [6.45, 7) is 5.29. The maximum atomic E-state index is 11.3. The predicted molar refractivity (Wildman–Crippen MR) is 140 cm³/mol. The molecule has 1 aliphatic rings. The number of fused-ring (bicyclic) bond motifs is 1. The Hall–Kier alpha value is -4.15. The zero-order chi connectivity index (χ0) is 25.4. The lowest BCUT2D eigenvalue weighted by atomic mass is 10.1. The molecule has 1 aromatic carbocycles. The van der Waals surface area contributed by atoms with Crippen molar-refractivity contribution in [2.24, 2.45) is 7.05 Å². The summed E-state index contributed by atoms with van der Waals surface area (Å²) in [4.78, 5) is 21.2. The van der Waals surface area contributed by atoms with Gasteiger partial charge in [0, 0.05) is 56.4 Å². The van der Waals surface area contributed by atoms with Crippen LogP contribution in [0.15, 0.2) is 61.1 Å². The molecular formula is C27H28N8O2. The highest BCUT2D eigenvalue weighted by Gasteiger charge is 2.26. The molecule has 37 heavy (non-hydrogen) atoms. The Bertz CT molecular complexity index is 1540. The van der Waals surface area contributed by atoms with Crippen LogP contribution in [0.2, 0.25) is 0 Å². The number of aromatic nitrogens is 7. The van der Waals surface area contributed by atoms with Crippen molar-refractivity contribution in [2.45, 2.75) is 19.6 Å². The summed E-state index contributed by atoms with van der Waals surface area (Å²) < 4.78 is 9.35. The average molecular weight is 497 g/mol. The molecule has 0 saturated carbocycles. The summed E-state index contributed by atoms with van der Waals surface area (Å²) >= 11 is 0. The topological polar surface area (TPSA) is 107 Å². The molecular weight excluding hydrogens is 468 g/mol. The van der Waals surface area contributed by atoms with E-state index in [4.69, 9.17) is 19.7 Å². The molecule has 1 aliphatic heterocycles. The van der Waals surface area contributed by atoms with Crippen molar-refractivity contribution in [1.29, 1.82) is 0 Å². The first-order valence-electron chi connectivity index (χ1n) is 12.4. The van der Waals surface area contributed by atoms with Crippen LogP contribution in [0.4, 0.5) is 5.82 Å². The fourth-order valence-corrected chi connectivity index (χ4v) is 4.73. The number of aryl methyl sites for hydroxylation is 2. The lowest BCUT2D eigenvalue weighted by Crippen LogP contribution is -2.37. The number of anilines is 1. The Balaban J connectivity index is 1.53. The monoisotopic (exact) mass is 496 g/mol. The third-order valence-electron chi connectivity index (χ3n) is 6.63. The second kappa shape index (κ2) is 9.72. The predicted octanol–water partition coefficient (Wildman–Crippen LogP) is 3.23. The van der Waals surface area contributed by atoms with Crippen LogP contribution >= 0.6 is 0 Å². The summed E-state index contributed by atoms with van der Waals surface area (Å²) in [7, 11) is 1.91. The minimum atomic E-state index is -0.911. The zero-order valence-electron chi connectivity index (χ0n) is 20.8. The second-order valence-electron chi connectivity index (χ2n) is 9.00. The number of hydrogen-bond acceptors (Lipinski definition) is 8. The lowest BCUT2D eigenvalue weighted by molar-refractivity contribution is 0.122. The number of morpholine rings is 1. The third kappa shape index (κ3) is 4.34. The number of aliphatic hydroxyl groups is 1. The van der Waals surface area contributed by atoms with Crippen LogP contribution in [0, 0.1) is 0 Å². The highest BCUT2D eigenvalue weighted by atomic mass is 16.5. The summed E-state index contributed by atoms with van der Waals surface area (Å²) in [6.07, 6.45) is 4.36. The number of benzene rings is 1. The summed E-state index contributed by atoms with van der Waals surface area (Å²) in [5.41, 5.74) is 4.87. The molecule has 188 valence electrons. The highest BCUT2D eigenvalue weighted by Crippen LogP contribution is 2.32. The Morgan fingerprint density at radius 3 is 2.51 bits per heavy atom. The van der Waals surface area contributed by atoms with Crippen LogP contribution in [-0.4, -0.2) is 65.7 Å². The van der Waals surface area contributed by atoms with Crippen LogP contribution in [0.5, 0.6) is 0 Å². The van der Waals surface area contributed by atoms with Gasteiger partial charge in [-0.3, -0.25) is 9.67 Å². The van der Waals surface area contributed by atoms with Crippen molar-refractivity contribution in [3.8, 4) is 22.6 Å². The number of aliphatic hydroxyl groups excluding tert-OH is 1. The van der Waals surface area contributed by atoms with E-state index in [9.17, 15) is 5.11 Å². The third-order valence-corrected chi connectivity index (χ3v) is 6.63. The molecule has 10 heteroatoms. The molecule has 1 atom stereocenters. The number of rotatable bonds is 6. The van der Waals surface area contributed by atoms with E-state index in [1.165, 1.54) is 0 Å². The van der Waals surface area contributed by atoms with E-state index >= 15 is 0 Å². The van der Waals surface area contributed by atoms with Crippen molar-refractivity contribution in [3.05, 3.63) is 72.4 Å². The SMILES string of the molecule is CCn1c([C@H](O)c2ccncc2)nc2c(N3CCOCC3)nc(-c3cccc(-c4ccn(C)n4)c3)nc21. The van der Waals surface area contributed by atoms with Crippen LogP contribution in [0.1, 0.15) is 24.4 Å². The van der Waals surface area contributed by atoms with E-state index in [0.717, 1.165) is 28.2 Å². The van der Waals surface area contributed by atoms with Crippen molar-refractivity contribution < 1.29 is 9.84 Å². The molecule has 0 aliphatic carbocycles. The lowest BCUT2D eigenvalue weighted by Gasteiger charge is -2.28. The number of ether oxygens (including phenoxy) is 1. The maximum Gasteiger partial charge on any atom is 0.166 e. The molecule has 6 rings (SSSR count). The highest BCUT2D eigenvalue weighted by molar-refractivity contribution is 5.87. The molecule has 4 aromatic heterocycles. The Kier molecular flexibility index (Phi) is 6.11. The van der Waals surface area contributed by atoms with Crippen molar-refractivity contribution in [2.75, 3.05) is 31.2 Å². The maximum absolute atomic E-state index is 11.3. The molecule has 10 nitrogen and oxygen atoms in total. The Morgan fingerprint density at radius 1 is 1.00 bits per heavy atom. The van der Waals surface area contributed by atoms with E-state index in [2.05, 4.69) is 21.0 Å². The van der Waals surface area contributed by atoms with Crippen molar-refractivity contribution in [3.63, 3.8) is 0 Å². The van der Waals surface area contributed by atoms with Gasteiger partial charge in [0.25, 0.3) is 0 Å². The largest absolute Gasteiger partial charge is 0.380 e. The molecule has 0 amide bonds. The molecule has 0 bridgehead atoms. The quantitative estimate of drug-likeness (QED) is 0.382. The van der Waals surface area contributed by atoms with Crippen LogP contribution < -0.4 is 4.90 Å². The molecule has 5 aromatic rings. The van der Waals surface area contributed by atoms with Gasteiger partial charge in [-0.2, -0.15) is 5.10 Å². The molecule has 0 unspecified atom stereocenters. The molecule has 1 fully saturated rings. The number of hydrogen-bond donors (Lipinski definition) is 1. The van der Waals surface area contributed by atoms with Gasteiger partial charge in [0.15, 0.2) is 22.8 Å². The molecule has 5 heterocycles. The van der Waals surface area contributed by atoms with E-state index in [1.807, 2.05) is 49.0 Å². The van der Waals surface area contributed by atoms with Gasteiger partial charge < -0.3 is 19.3 Å². The average Bonchev–Trinajstić information content (AvgIpc) is 3.56. The van der Waals surface area contributed by atoms with Crippen molar-refractivity contribution >= 4 is 17.0 Å². The fourth-order valence-electron chi connectivity index (χ4n) is 4.73. The van der Waals surface area contributed by atoms with E-state index in [0.29, 0.717) is 55.7 Å². The van der Waals surface area contributed by atoms with Gasteiger partial charge in [-0.15, -0.1) is 0 Å². The van der Waals surface area contributed by atoms with Gasteiger partial charge in [-0.25, -0.2) is 15.0 Å². The molecule has 1 N–H and O–H groups in total. The minimum absolute atomic E-state index is 0.534. The van der Waals surface area contributed by atoms with Crippen LogP contribution in [0.25, 0.3) is 33.8 Å². The smallest absolute Gasteiger partial charge is 0.166 e. The van der Waals surface area contributed by atoms with E-state index in [-0.39, 0.29) is 0 Å². The standard InChI is InChI=1S/C27H28N8O2/c1-3-35-26-22(29-27(35)23(36)18-7-10-28-11-8-18)25(34-13-15-37-16-14-34)30-24(31-26)20-6-4-5-19(17-20)21-9-12-33(2)32-21/h4-12,17,23,36H,3,13-16H2,1-2H3/t23-/m1/s1. The van der Waals surface area contributed by atoms with Crippen LogP contribution in [-0.2, 0) is 18.3 Å². The first-order chi connectivity index (χ1) is 18.1. The molecule has 0 spiro atoms. The summed E-state index contributed by atoms with van der Waals surface area (Å²) in [5.74, 6) is 1.89. The van der Waals surface area contributed by atoms with E-state index in [1.54, 1.807) is 29.2 Å². The fraction of sp³-hybridized carbons (Fsp3) is 0.296. The second-order valence-corrected chi connectivity index (χ2v) is 9.00. The first-order valence-corrected chi connectivity index (χ1v) is 12.4. The zero-order valence-corrected chi connectivity index (χ0v) is 20.8. The first kappa shape index (κ1) is 23.3. The number of nitrogens with zero attached hydrogens (tertiary/aromatic N) is 8. The van der Waals surface area contributed by atoms with Gasteiger partial charge in [0.05, 0.1) is 18.9 Å². The van der Waals surface area contributed by atoms with Crippen LogP contribution in [0.3, 0.4) is 0 Å². The van der Waals surface area contributed by atoms with Gasteiger partial charge >= 0.3 is 0 Å². The molecule has 0 radical (unpaired) electrons. The Morgan fingerprint density at radius 2 is 1.78 bits per heavy atom. The number of imidazole rings is 1. The summed E-state index contributed by atoms with van der Waals surface area (Å²) in [6, 6.07) is 13.7. The van der Waals surface area contributed by atoms with Gasteiger partial charge in [0.1, 0.15) is 11.9 Å². The van der Waals surface area contributed by atoms with E-state index < -0.39 is 6.10 Å². The van der Waals surface area contributed by atoms with Gasteiger partial charge in [-0.05, 0) is 36.8 Å². The number of pyridine rings is 1. The van der Waals surface area contributed by atoms with Gasteiger partial charge in [-0.1, -0.05) is 18.2 Å². The normalized spacial score (nSPS) is 14.8. The minimum Gasteiger partial charge on any atom is -0.380 e. The van der Waals surface area contributed by atoms with Gasteiger partial charge in [0.2, 0.25) is 0 Å². The van der Waals surface area contributed by atoms with Crippen molar-refractivity contribution in [1.82, 2.24) is 34.3 Å². The molecule has 1 saturated heterocycles. The summed E-state index contributed by atoms with van der Waals surface area (Å²) in [5, 5.41) is 15.8. The Labute approximate surface area is 214 Å².